The molecule has 2 fully saturated rings. The fraction of sp³-hybridized carbons (Fsp3) is 0.556. The van der Waals surface area contributed by atoms with Gasteiger partial charge in [-0.3, -0.25) is 0 Å². The number of hydrogen-bond acceptors (Lipinski definition) is 2. The van der Waals surface area contributed by atoms with Crippen LogP contribution in [-0.4, -0.2) is 26.3 Å². The van der Waals surface area contributed by atoms with Crippen LogP contribution in [-0.2, 0) is 4.74 Å². The molecule has 1 heterocycles. The molecular formula is C18H25NO. The van der Waals surface area contributed by atoms with Crippen LogP contribution >= 0.6 is 0 Å². The van der Waals surface area contributed by atoms with Crippen LogP contribution in [0.25, 0.3) is 5.57 Å². The van der Waals surface area contributed by atoms with Gasteiger partial charge >= 0.3 is 0 Å². The van der Waals surface area contributed by atoms with Gasteiger partial charge in [-0.15, -0.1) is 0 Å². The van der Waals surface area contributed by atoms with Crippen LogP contribution < -0.4 is 4.90 Å². The summed E-state index contributed by atoms with van der Waals surface area (Å²) in [7, 11) is 0. The molecule has 1 aromatic carbocycles. The van der Waals surface area contributed by atoms with Crippen molar-refractivity contribution in [2.24, 2.45) is 0 Å². The van der Waals surface area contributed by atoms with Gasteiger partial charge in [0.15, 0.2) is 0 Å². The van der Waals surface area contributed by atoms with E-state index in [0.29, 0.717) is 0 Å². The van der Waals surface area contributed by atoms with Gasteiger partial charge in [0.1, 0.15) is 0 Å². The standard InChI is InChI=1S/C18H25NO/c1-15(16-5-3-2-4-6-16)17-7-9-18(10-8-17)19-11-13-20-14-12-19/h7-10H,2-6,11-14H2,1H3. The highest BCUT2D eigenvalue weighted by Gasteiger charge is 2.12. The average Bonchev–Trinajstić information content (AvgIpc) is 2.56. The third-order valence-electron chi connectivity index (χ3n) is 4.66. The van der Waals surface area contributed by atoms with E-state index in [9.17, 15) is 0 Å². The molecule has 2 aliphatic rings. The molecule has 0 spiro atoms. The average molecular weight is 271 g/mol. The van der Waals surface area contributed by atoms with Crippen molar-refractivity contribution in [1.29, 1.82) is 0 Å². The van der Waals surface area contributed by atoms with Gasteiger partial charge in [0.25, 0.3) is 0 Å². The maximum absolute atomic E-state index is 5.41. The maximum atomic E-state index is 5.41. The number of nitrogens with zero attached hydrogens (tertiary/aromatic N) is 1. The fourth-order valence-electron chi connectivity index (χ4n) is 3.30. The summed E-state index contributed by atoms with van der Waals surface area (Å²) in [6.45, 7) is 6.03. The summed E-state index contributed by atoms with van der Waals surface area (Å²) in [6, 6.07) is 9.13. The van der Waals surface area contributed by atoms with Crippen molar-refractivity contribution in [3.8, 4) is 0 Å². The van der Waals surface area contributed by atoms with Gasteiger partial charge < -0.3 is 9.64 Å². The number of rotatable bonds is 2. The first-order valence-corrected chi connectivity index (χ1v) is 7.96. The highest BCUT2D eigenvalue weighted by molar-refractivity contribution is 5.68. The molecule has 108 valence electrons. The summed E-state index contributed by atoms with van der Waals surface area (Å²) >= 11 is 0. The first-order valence-electron chi connectivity index (χ1n) is 7.96. The zero-order chi connectivity index (χ0) is 13.8. The number of hydrogen-bond donors (Lipinski definition) is 0. The van der Waals surface area contributed by atoms with Crippen molar-refractivity contribution in [1.82, 2.24) is 0 Å². The summed E-state index contributed by atoms with van der Waals surface area (Å²) in [5, 5.41) is 0. The number of benzene rings is 1. The third-order valence-corrected chi connectivity index (χ3v) is 4.66. The van der Waals surface area contributed by atoms with Gasteiger partial charge in [0.2, 0.25) is 0 Å². The molecule has 2 nitrogen and oxygen atoms in total. The van der Waals surface area contributed by atoms with Crippen molar-refractivity contribution in [3.63, 3.8) is 0 Å². The molecule has 0 amide bonds. The molecular weight excluding hydrogens is 246 g/mol. The minimum Gasteiger partial charge on any atom is -0.378 e. The Kier molecular flexibility index (Phi) is 4.41. The topological polar surface area (TPSA) is 12.5 Å². The molecule has 1 saturated carbocycles. The van der Waals surface area contributed by atoms with Crippen LogP contribution in [0.2, 0.25) is 0 Å². The monoisotopic (exact) mass is 271 g/mol. The molecule has 0 N–H and O–H groups in total. The van der Waals surface area contributed by atoms with Gasteiger partial charge in [0.05, 0.1) is 13.2 Å². The van der Waals surface area contributed by atoms with Crippen molar-refractivity contribution < 1.29 is 4.74 Å². The van der Waals surface area contributed by atoms with E-state index < -0.39 is 0 Å². The molecule has 1 saturated heterocycles. The van der Waals surface area contributed by atoms with Crippen LogP contribution in [0.3, 0.4) is 0 Å². The SMILES string of the molecule is CC(=C1CCCCC1)c1ccc(N2CCOCC2)cc1. The zero-order valence-electron chi connectivity index (χ0n) is 12.5. The lowest BCUT2D eigenvalue weighted by Gasteiger charge is -2.29. The zero-order valence-corrected chi connectivity index (χ0v) is 12.5. The molecule has 0 atom stereocenters. The smallest absolute Gasteiger partial charge is 0.0642 e. The van der Waals surface area contributed by atoms with Crippen LogP contribution in [0.15, 0.2) is 29.8 Å². The molecule has 1 aromatic rings. The number of ether oxygens (including phenoxy) is 1. The Morgan fingerprint density at radius 3 is 2.25 bits per heavy atom. The van der Waals surface area contributed by atoms with Gasteiger partial charge in [-0.2, -0.15) is 0 Å². The van der Waals surface area contributed by atoms with Crippen molar-refractivity contribution in [3.05, 3.63) is 35.4 Å². The minimum absolute atomic E-state index is 0.852. The van der Waals surface area contributed by atoms with E-state index in [0.717, 1.165) is 26.3 Å². The van der Waals surface area contributed by atoms with Crippen molar-refractivity contribution in [2.45, 2.75) is 39.0 Å². The van der Waals surface area contributed by atoms with E-state index in [-0.39, 0.29) is 0 Å². The second-order valence-electron chi connectivity index (χ2n) is 5.94. The Morgan fingerprint density at radius 1 is 0.950 bits per heavy atom. The van der Waals surface area contributed by atoms with E-state index in [1.54, 1.807) is 5.57 Å². The lowest BCUT2D eigenvalue weighted by Crippen LogP contribution is -2.36. The second-order valence-corrected chi connectivity index (χ2v) is 5.94. The van der Waals surface area contributed by atoms with Crippen LogP contribution in [0.4, 0.5) is 5.69 Å². The largest absolute Gasteiger partial charge is 0.378 e. The van der Waals surface area contributed by atoms with Crippen LogP contribution in [0.5, 0.6) is 0 Å². The van der Waals surface area contributed by atoms with E-state index in [2.05, 4.69) is 36.1 Å². The van der Waals surface area contributed by atoms with E-state index in [1.165, 1.54) is 48.9 Å². The van der Waals surface area contributed by atoms with Gasteiger partial charge in [-0.1, -0.05) is 24.1 Å². The number of morpholine rings is 1. The summed E-state index contributed by atoms with van der Waals surface area (Å²) in [5.74, 6) is 0. The molecule has 0 aromatic heterocycles. The molecule has 1 aliphatic heterocycles. The lowest BCUT2D eigenvalue weighted by atomic mass is 9.89. The Balaban J connectivity index is 1.75. The van der Waals surface area contributed by atoms with Crippen molar-refractivity contribution in [2.75, 3.05) is 31.2 Å². The highest BCUT2D eigenvalue weighted by Crippen LogP contribution is 2.31. The molecule has 2 heteroatoms. The van der Waals surface area contributed by atoms with Gasteiger partial charge in [0, 0.05) is 18.8 Å². The molecule has 3 rings (SSSR count). The van der Waals surface area contributed by atoms with Crippen LogP contribution in [0, 0.1) is 0 Å². The number of anilines is 1. The normalized spacial score (nSPS) is 20.1. The Labute approximate surface area is 122 Å². The summed E-state index contributed by atoms with van der Waals surface area (Å²) in [5.41, 5.74) is 5.92. The predicted octanol–water partition coefficient (Wildman–Crippen LogP) is 4.26. The third kappa shape index (κ3) is 3.06. The van der Waals surface area contributed by atoms with E-state index in [4.69, 9.17) is 4.74 Å². The van der Waals surface area contributed by atoms with Gasteiger partial charge in [-0.25, -0.2) is 0 Å². The fourth-order valence-corrected chi connectivity index (χ4v) is 3.30. The molecule has 0 unspecified atom stereocenters. The summed E-state index contributed by atoms with van der Waals surface area (Å²) in [6.07, 6.45) is 6.76. The second kappa shape index (κ2) is 6.45. The predicted molar refractivity (Wildman–Crippen MR) is 85.2 cm³/mol. The number of allylic oxidation sites excluding steroid dienone is 2. The summed E-state index contributed by atoms with van der Waals surface area (Å²) < 4.78 is 5.41. The van der Waals surface area contributed by atoms with Crippen molar-refractivity contribution >= 4 is 11.3 Å². The van der Waals surface area contributed by atoms with E-state index in [1.807, 2.05) is 0 Å². The quantitative estimate of drug-likeness (QED) is 0.797. The molecule has 20 heavy (non-hydrogen) atoms. The first-order chi connectivity index (χ1) is 9.84. The summed E-state index contributed by atoms with van der Waals surface area (Å²) in [4.78, 5) is 2.41. The lowest BCUT2D eigenvalue weighted by molar-refractivity contribution is 0.122. The first kappa shape index (κ1) is 13.7. The van der Waals surface area contributed by atoms with Crippen LogP contribution in [0.1, 0.15) is 44.6 Å². The Hall–Kier alpha value is -1.28. The Morgan fingerprint density at radius 2 is 1.60 bits per heavy atom. The highest BCUT2D eigenvalue weighted by atomic mass is 16.5. The molecule has 0 bridgehead atoms. The van der Waals surface area contributed by atoms with Gasteiger partial charge in [-0.05, 0) is 55.9 Å². The van der Waals surface area contributed by atoms with E-state index >= 15 is 0 Å². The maximum Gasteiger partial charge on any atom is 0.0642 e. The Bertz CT molecular complexity index is 461. The molecule has 0 radical (unpaired) electrons. The molecule has 1 aliphatic carbocycles. The minimum atomic E-state index is 0.852.